The van der Waals surface area contributed by atoms with Crippen molar-refractivity contribution in [2.24, 2.45) is 5.16 Å². The van der Waals surface area contributed by atoms with Gasteiger partial charge in [-0.05, 0) is 17.7 Å². The van der Waals surface area contributed by atoms with Crippen LogP contribution in [0.2, 0.25) is 0 Å². The predicted octanol–water partition coefficient (Wildman–Crippen LogP) is -0.863. The third-order valence-electron chi connectivity index (χ3n) is 3.86. The fourth-order valence-electron chi connectivity index (χ4n) is 2.39. The Balaban J connectivity index is 2.02. The lowest BCUT2D eigenvalue weighted by Crippen LogP contribution is -2.57. The zero-order chi connectivity index (χ0) is 18.6. The summed E-state index contributed by atoms with van der Waals surface area (Å²) >= 11 is 0.761. The molecule has 2 rings (SSSR count). The van der Waals surface area contributed by atoms with Crippen molar-refractivity contribution in [2.45, 2.75) is 42.4 Å². The molecular weight excluding hydrogens is 354 g/mol. The summed E-state index contributed by atoms with van der Waals surface area (Å²) in [6.07, 6.45) is -6.72. The van der Waals surface area contributed by atoms with Crippen LogP contribution in [0.15, 0.2) is 29.4 Å². The molecule has 9 nitrogen and oxygen atoms in total. The van der Waals surface area contributed by atoms with Crippen LogP contribution in [0.5, 0.6) is 5.75 Å². The van der Waals surface area contributed by atoms with Crippen LogP contribution in [-0.2, 0) is 4.74 Å². The first-order chi connectivity index (χ1) is 11.9. The molecular formula is C15H21NO8S. The van der Waals surface area contributed by atoms with E-state index in [9.17, 15) is 25.5 Å². The number of aliphatic hydroxyl groups excluding tert-OH is 5. The normalized spacial score (nSPS) is 31.7. The van der Waals surface area contributed by atoms with Gasteiger partial charge >= 0.3 is 0 Å². The lowest BCUT2D eigenvalue weighted by Gasteiger charge is -2.39. The van der Waals surface area contributed by atoms with Crippen molar-refractivity contribution in [3.05, 3.63) is 29.8 Å². The summed E-state index contributed by atoms with van der Waals surface area (Å²) in [7, 11) is 0. The van der Waals surface area contributed by atoms with Crippen molar-refractivity contribution in [3.8, 4) is 5.75 Å². The molecule has 7 N–H and O–H groups in total. The molecule has 0 aliphatic carbocycles. The number of ether oxygens (including phenoxy) is 1. The van der Waals surface area contributed by atoms with Gasteiger partial charge < -0.3 is 40.6 Å². The van der Waals surface area contributed by atoms with Gasteiger partial charge in [-0.25, -0.2) is 0 Å². The Morgan fingerprint density at radius 3 is 2.32 bits per heavy atom. The van der Waals surface area contributed by atoms with Gasteiger partial charge in [-0.1, -0.05) is 29.1 Å². The van der Waals surface area contributed by atoms with Crippen molar-refractivity contribution >= 4 is 16.8 Å². The third-order valence-corrected chi connectivity index (χ3v) is 5.00. The van der Waals surface area contributed by atoms with Gasteiger partial charge in [0.05, 0.1) is 12.7 Å². The Labute approximate surface area is 147 Å². The monoisotopic (exact) mass is 375 g/mol. The van der Waals surface area contributed by atoms with Crippen LogP contribution in [0.4, 0.5) is 0 Å². The van der Waals surface area contributed by atoms with Gasteiger partial charge in [-0.2, -0.15) is 0 Å². The van der Waals surface area contributed by atoms with Gasteiger partial charge in [0.15, 0.2) is 0 Å². The maximum Gasteiger partial charge on any atom is 0.138 e. The van der Waals surface area contributed by atoms with Crippen LogP contribution in [-0.4, -0.2) is 77.3 Å². The quantitative estimate of drug-likeness (QED) is 0.150. The Morgan fingerprint density at radius 1 is 1.12 bits per heavy atom. The minimum atomic E-state index is -1.54. The van der Waals surface area contributed by atoms with Crippen molar-refractivity contribution in [1.29, 1.82) is 0 Å². The van der Waals surface area contributed by atoms with E-state index in [0.717, 1.165) is 11.8 Å². The van der Waals surface area contributed by atoms with Gasteiger partial charge in [0.1, 0.15) is 40.6 Å². The summed E-state index contributed by atoms with van der Waals surface area (Å²) in [5, 5.41) is 70.3. The maximum absolute atomic E-state index is 10.2. The van der Waals surface area contributed by atoms with Gasteiger partial charge in [-0.15, -0.1) is 0 Å². The zero-order valence-corrected chi connectivity index (χ0v) is 13.9. The first-order valence-electron chi connectivity index (χ1n) is 7.52. The number of hydrogen-bond acceptors (Lipinski definition) is 10. The smallest absolute Gasteiger partial charge is 0.138 e. The summed E-state index contributed by atoms with van der Waals surface area (Å²) in [4.78, 5) is 0. The molecule has 1 aliphatic rings. The Bertz CT molecular complexity index is 581. The van der Waals surface area contributed by atoms with Crippen molar-refractivity contribution in [2.75, 3.05) is 6.61 Å². The molecule has 0 amide bonds. The molecule has 1 saturated heterocycles. The van der Waals surface area contributed by atoms with Gasteiger partial charge in [0, 0.05) is 6.42 Å². The first-order valence-corrected chi connectivity index (χ1v) is 8.40. The molecule has 0 unspecified atom stereocenters. The number of thioether (sulfide) groups is 1. The number of aromatic hydroxyl groups is 1. The van der Waals surface area contributed by atoms with E-state index in [1.807, 2.05) is 0 Å². The average molecular weight is 375 g/mol. The Hall–Kier alpha value is -1.40. The molecule has 0 aromatic heterocycles. The molecule has 1 fully saturated rings. The molecule has 0 radical (unpaired) electrons. The fourth-order valence-corrected chi connectivity index (χ4v) is 3.46. The number of hydrogen-bond donors (Lipinski definition) is 7. The van der Waals surface area contributed by atoms with E-state index >= 15 is 0 Å². The van der Waals surface area contributed by atoms with Gasteiger partial charge in [0.2, 0.25) is 0 Å². The highest BCUT2D eigenvalue weighted by molar-refractivity contribution is 8.14. The minimum Gasteiger partial charge on any atom is -0.508 e. The lowest BCUT2D eigenvalue weighted by atomic mass is 10.0. The van der Waals surface area contributed by atoms with E-state index in [4.69, 9.17) is 15.1 Å². The van der Waals surface area contributed by atoms with Crippen LogP contribution < -0.4 is 0 Å². The van der Waals surface area contributed by atoms with Crippen LogP contribution in [0.1, 0.15) is 18.1 Å². The summed E-state index contributed by atoms with van der Waals surface area (Å²) in [6, 6.07) is 5.82. The van der Waals surface area contributed by atoms with Gasteiger partial charge in [-0.3, -0.25) is 0 Å². The molecule has 1 heterocycles. The molecule has 6 atom stereocenters. The van der Waals surface area contributed by atoms with Crippen molar-refractivity contribution in [3.63, 3.8) is 0 Å². The van der Waals surface area contributed by atoms with E-state index in [1.54, 1.807) is 0 Å². The van der Waals surface area contributed by atoms with Crippen molar-refractivity contribution in [1.82, 2.24) is 0 Å². The van der Waals surface area contributed by atoms with Crippen LogP contribution in [0.3, 0.4) is 0 Å². The van der Waals surface area contributed by atoms with E-state index in [1.165, 1.54) is 24.3 Å². The predicted molar refractivity (Wildman–Crippen MR) is 88.3 cm³/mol. The molecule has 1 aliphatic heterocycles. The van der Waals surface area contributed by atoms with E-state index in [0.29, 0.717) is 5.56 Å². The number of oxime groups is 1. The third kappa shape index (κ3) is 4.82. The maximum atomic E-state index is 10.2. The second-order valence-corrected chi connectivity index (χ2v) is 6.79. The van der Waals surface area contributed by atoms with Crippen molar-refractivity contribution < 1.29 is 40.6 Å². The summed E-state index contributed by atoms with van der Waals surface area (Å²) < 4.78 is 5.31. The molecule has 140 valence electrons. The number of phenols is 1. The molecule has 10 heteroatoms. The minimum absolute atomic E-state index is 0.0184. The van der Waals surface area contributed by atoms with E-state index < -0.39 is 42.6 Å². The standard InChI is InChI=1S/C15H21NO8S/c17-6-10-12(20)13(21)14(22)15(24-10)25-11(16-23)5-9(19)7-1-3-8(18)4-2-7/h1-4,9-10,12-15,17-23H,5-6H2/b16-11-/t9-,10-,12-,13+,14-,15-/m1/s1. The number of benzene rings is 1. The highest BCUT2D eigenvalue weighted by atomic mass is 32.2. The highest BCUT2D eigenvalue weighted by Crippen LogP contribution is 2.32. The van der Waals surface area contributed by atoms with Crippen LogP contribution in [0, 0.1) is 0 Å². The second-order valence-electron chi connectivity index (χ2n) is 5.62. The SMILES string of the molecule is OC[C@H]1O[C@H](S/C(C[C@@H](O)c2ccc(O)cc2)=N\O)[C@H](O)[C@@H](O)[C@@H]1O. The first kappa shape index (κ1) is 19.9. The van der Waals surface area contributed by atoms with E-state index in [2.05, 4.69) is 5.16 Å². The number of nitrogens with zero attached hydrogens (tertiary/aromatic N) is 1. The number of phenolic OH excluding ortho intramolecular Hbond substituents is 1. The molecule has 0 bridgehead atoms. The zero-order valence-electron chi connectivity index (χ0n) is 13.1. The summed E-state index contributed by atoms with van der Waals surface area (Å²) in [5.74, 6) is 0.0442. The topological polar surface area (TPSA) is 163 Å². The summed E-state index contributed by atoms with van der Waals surface area (Å²) in [5.41, 5.74) is -0.623. The second kappa shape index (κ2) is 8.81. The molecule has 1 aromatic rings. The Kier molecular flexibility index (Phi) is 7.02. The Morgan fingerprint density at radius 2 is 1.76 bits per heavy atom. The van der Waals surface area contributed by atoms with Crippen LogP contribution >= 0.6 is 11.8 Å². The number of rotatable bonds is 5. The van der Waals surface area contributed by atoms with Crippen LogP contribution in [0.25, 0.3) is 0 Å². The highest BCUT2D eigenvalue weighted by Gasteiger charge is 2.44. The average Bonchev–Trinajstić information content (AvgIpc) is 2.61. The molecule has 1 aromatic carbocycles. The molecule has 25 heavy (non-hydrogen) atoms. The molecule has 0 saturated carbocycles. The fraction of sp³-hybridized carbons (Fsp3) is 0.533. The number of aliphatic hydroxyl groups is 5. The largest absolute Gasteiger partial charge is 0.508 e. The molecule has 0 spiro atoms. The van der Waals surface area contributed by atoms with Gasteiger partial charge in [0.25, 0.3) is 0 Å². The van der Waals surface area contributed by atoms with E-state index in [-0.39, 0.29) is 17.2 Å². The lowest BCUT2D eigenvalue weighted by molar-refractivity contribution is -0.205. The summed E-state index contributed by atoms with van der Waals surface area (Å²) in [6.45, 7) is -0.566.